The summed E-state index contributed by atoms with van der Waals surface area (Å²) < 4.78 is 30.2. The van der Waals surface area contributed by atoms with E-state index in [0.29, 0.717) is 19.0 Å². The number of methoxy groups -OCH3 is 1. The fraction of sp³-hybridized carbons (Fsp3) is 0.333. The third-order valence-electron chi connectivity index (χ3n) is 3.48. The number of para-hydroxylation sites is 1. The van der Waals surface area contributed by atoms with Crippen molar-refractivity contribution in [2.24, 2.45) is 0 Å². The summed E-state index contributed by atoms with van der Waals surface area (Å²) in [7, 11) is -1.79. The Hall–Kier alpha value is -1.61. The first-order chi connectivity index (χ1) is 11.2. The lowest BCUT2D eigenvalue weighted by molar-refractivity contribution is 0.214. The molecule has 2 rings (SSSR count). The predicted octanol–water partition coefficient (Wildman–Crippen LogP) is 5.05. The minimum atomic E-state index is -3.39. The molecule has 0 aromatic heterocycles. The van der Waals surface area contributed by atoms with E-state index in [1.54, 1.807) is 7.11 Å². The van der Waals surface area contributed by atoms with Crippen LogP contribution in [0.4, 0.5) is 0 Å². The molecule has 124 valence electrons. The van der Waals surface area contributed by atoms with Crippen LogP contribution in [0.25, 0.3) is 0 Å². The van der Waals surface area contributed by atoms with Gasteiger partial charge in [0, 0.05) is 5.56 Å². The summed E-state index contributed by atoms with van der Waals surface area (Å²) in [5.74, 6) is 0.668. The fourth-order valence-electron chi connectivity index (χ4n) is 2.61. The van der Waals surface area contributed by atoms with E-state index in [9.17, 15) is 4.57 Å². The van der Waals surface area contributed by atoms with Gasteiger partial charge in [-0.2, -0.15) is 0 Å². The van der Waals surface area contributed by atoms with E-state index in [1.165, 1.54) is 0 Å². The Balaban J connectivity index is 2.63. The van der Waals surface area contributed by atoms with Crippen LogP contribution in [0.1, 0.15) is 30.6 Å². The molecule has 0 amide bonds. The van der Waals surface area contributed by atoms with Crippen molar-refractivity contribution >= 4 is 7.60 Å². The Kier molecular flexibility index (Phi) is 6.40. The van der Waals surface area contributed by atoms with E-state index in [-0.39, 0.29) is 0 Å². The quantitative estimate of drug-likeness (QED) is 0.634. The van der Waals surface area contributed by atoms with Crippen LogP contribution >= 0.6 is 7.60 Å². The van der Waals surface area contributed by atoms with Crippen LogP contribution in [0.2, 0.25) is 0 Å². The molecule has 0 spiro atoms. The molecule has 0 aliphatic heterocycles. The molecule has 23 heavy (non-hydrogen) atoms. The monoisotopic (exact) mass is 334 g/mol. The lowest BCUT2D eigenvalue weighted by Crippen LogP contribution is -2.09. The second kappa shape index (κ2) is 8.30. The van der Waals surface area contributed by atoms with Gasteiger partial charge in [0.1, 0.15) is 11.4 Å². The highest BCUT2D eigenvalue weighted by atomic mass is 31.2. The van der Waals surface area contributed by atoms with Crippen LogP contribution in [0.5, 0.6) is 5.75 Å². The van der Waals surface area contributed by atoms with Crippen LogP contribution in [0, 0.1) is 0 Å². The van der Waals surface area contributed by atoms with Gasteiger partial charge in [0.2, 0.25) is 0 Å². The molecule has 0 fully saturated rings. The standard InChI is InChI=1S/C18H23O4P/c1-4-21-23(19,22-5-2)18(15-11-7-6-8-12-15)16-13-9-10-14-17(16)20-3/h6-14,18H,4-5H2,1-3H3. The number of rotatable bonds is 8. The first-order valence-corrected chi connectivity index (χ1v) is 9.34. The molecule has 2 aromatic carbocycles. The number of hydrogen-bond acceptors (Lipinski definition) is 4. The van der Waals surface area contributed by atoms with E-state index in [1.807, 2.05) is 68.4 Å². The maximum Gasteiger partial charge on any atom is 0.342 e. The number of ether oxygens (including phenoxy) is 1. The minimum Gasteiger partial charge on any atom is -0.496 e. The molecule has 0 aliphatic carbocycles. The van der Waals surface area contributed by atoms with Crippen molar-refractivity contribution in [1.82, 2.24) is 0 Å². The number of hydrogen-bond donors (Lipinski definition) is 0. The van der Waals surface area contributed by atoms with Crippen molar-refractivity contribution in [2.75, 3.05) is 20.3 Å². The Bertz CT molecular complexity index is 647. The van der Waals surface area contributed by atoms with Gasteiger partial charge in [-0.1, -0.05) is 48.5 Å². The van der Waals surface area contributed by atoms with E-state index < -0.39 is 13.3 Å². The van der Waals surface area contributed by atoms with E-state index in [2.05, 4.69) is 0 Å². The van der Waals surface area contributed by atoms with Gasteiger partial charge in [-0.25, -0.2) is 0 Å². The van der Waals surface area contributed by atoms with Crippen molar-refractivity contribution in [1.29, 1.82) is 0 Å². The Morgan fingerprint density at radius 2 is 1.48 bits per heavy atom. The summed E-state index contributed by atoms with van der Waals surface area (Å²) in [5, 5.41) is 0. The van der Waals surface area contributed by atoms with Gasteiger partial charge < -0.3 is 13.8 Å². The summed E-state index contributed by atoms with van der Waals surface area (Å²) in [6.45, 7) is 4.26. The predicted molar refractivity (Wildman–Crippen MR) is 92.1 cm³/mol. The van der Waals surface area contributed by atoms with Crippen LogP contribution in [0.3, 0.4) is 0 Å². The molecule has 0 aliphatic rings. The van der Waals surface area contributed by atoms with Crippen molar-refractivity contribution < 1.29 is 18.3 Å². The normalized spacial score (nSPS) is 12.8. The third-order valence-corrected chi connectivity index (χ3v) is 5.93. The molecule has 0 saturated heterocycles. The van der Waals surface area contributed by atoms with Gasteiger partial charge in [-0.3, -0.25) is 4.57 Å². The molecule has 5 heteroatoms. The van der Waals surface area contributed by atoms with Gasteiger partial charge >= 0.3 is 7.60 Å². The van der Waals surface area contributed by atoms with E-state index in [0.717, 1.165) is 11.1 Å². The van der Waals surface area contributed by atoms with Gasteiger partial charge in [-0.15, -0.1) is 0 Å². The van der Waals surface area contributed by atoms with Crippen molar-refractivity contribution in [2.45, 2.75) is 19.5 Å². The zero-order valence-electron chi connectivity index (χ0n) is 13.8. The highest BCUT2D eigenvalue weighted by Crippen LogP contribution is 2.64. The fourth-order valence-corrected chi connectivity index (χ4v) is 4.79. The average Bonchev–Trinajstić information content (AvgIpc) is 2.57. The average molecular weight is 334 g/mol. The summed E-state index contributed by atoms with van der Waals surface area (Å²) in [6.07, 6.45) is 0. The molecule has 0 bridgehead atoms. The van der Waals surface area contributed by atoms with E-state index in [4.69, 9.17) is 13.8 Å². The summed E-state index contributed by atoms with van der Waals surface area (Å²) >= 11 is 0. The first-order valence-electron chi connectivity index (χ1n) is 7.73. The summed E-state index contributed by atoms with van der Waals surface area (Å²) in [5.41, 5.74) is 1.15. The highest BCUT2D eigenvalue weighted by molar-refractivity contribution is 7.54. The highest BCUT2D eigenvalue weighted by Gasteiger charge is 2.39. The zero-order valence-corrected chi connectivity index (χ0v) is 14.7. The molecule has 0 N–H and O–H groups in total. The second-order valence-electron chi connectivity index (χ2n) is 4.93. The SMILES string of the molecule is CCOP(=O)(OCC)C(c1ccccc1)c1ccccc1OC. The Morgan fingerprint density at radius 1 is 0.913 bits per heavy atom. The molecule has 0 saturated carbocycles. The maximum atomic E-state index is 13.5. The van der Waals surface area contributed by atoms with Crippen LogP contribution < -0.4 is 4.74 Å². The molecule has 1 atom stereocenters. The number of benzene rings is 2. The summed E-state index contributed by atoms with van der Waals surface area (Å²) in [4.78, 5) is 0. The molecule has 2 aromatic rings. The van der Waals surface area contributed by atoms with Gasteiger partial charge in [0.15, 0.2) is 0 Å². The second-order valence-corrected chi connectivity index (χ2v) is 7.04. The van der Waals surface area contributed by atoms with Crippen LogP contribution in [-0.2, 0) is 13.6 Å². The van der Waals surface area contributed by atoms with Gasteiger partial charge in [-0.05, 0) is 25.5 Å². The summed E-state index contributed by atoms with van der Waals surface area (Å²) in [6, 6.07) is 17.2. The lowest BCUT2D eigenvalue weighted by Gasteiger charge is -2.28. The minimum absolute atomic E-state index is 0.315. The smallest absolute Gasteiger partial charge is 0.342 e. The molecular weight excluding hydrogens is 311 g/mol. The third kappa shape index (κ3) is 4.03. The molecule has 0 radical (unpaired) electrons. The van der Waals surface area contributed by atoms with Crippen molar-refractivity contribution in [3.63, 3.8) is 0 Å². The lowest BCUT2D eigenvalue weighted by atomic mass is 10.0. The molecule has 1 unspecified atom stereocenters. The largest absolute Gasteiger partial charge is 0.496 e. The maximum absolute atomic E-state index is 13.5. The van der Waals surface area contributed by atoms with Crippen molar-refractivity contribution in [3.8, 4) is 5.75 Å². The topological polar surface area (TPSA) is 44.8 Å². The van der Waals surface area contributed by atoms with Crippen LogP contribution in [-0.4, -0.2) is 20.3 Å². The van der Waals surface area contributed by atoms with E-state index >= 15 is 0 Å². The molecule has 0 heterocycles. The molecular formula is C18H23O4P. The van der Waals surface area contributed by atoms with Gasteiger partial charge in [0.25, 0.3) is 0 Å². The van der Waals surface area contributed by atoms with Crippen molar-refractivity contribution in [3.05, 3.63) is 65.7 Å². The zero-order chi connectivity index (χ0) is 16.7. The van der Waals surface area contributed by atoms with Crippen LogP contribution in [0.15, 0.2) is 54.6 Å². The Labute approximate surface area is 137 Å². The van der Waals surface area contributed by atoms with Gasteiger partial charge in [0.05, 0.1) is 20.3 Å². The first kappa shape index (κ1) is 17.7. The molecule has 4 nitrogen and oxygen atoms in total. The Morgan fingerprint density at radius 3 is 2.04 bits per heavy atom.